The van der Waals surface area contributed by atoms with E-state index in [2.05, 4.69) is 53.3 Å². The van der Waals surface area contributed by atoms with Gasteiger partial charge in [-0.15, -0.1) is 0 Å². The van der Waals surface area contributed by atoms with Crippen molar-refractivity contribution < 1.29 is 0 Å². The van der Waals surface area contributed by atoms with E-state index >= 15 is 0 Å². The molecule has 116 valence electrons. The number of rotatable bonds is 5. The lowest BCUT2D eigenvalue weighted by atomic mass is 10.1. The standard InChI is InChI=1S/C18H24N4/c1-13(2)8-10-19-17-12-14(3)20-18(21-17)22-11-9-15-6-4-5-7-16(15)22/h4-7,12-13H,8-11H2,1-3H3,(H,19,20,21). The van der Waals surface area contributed by atoms with Gasteiger partial charge in [-0.05, 0) is 37.3 Å². The highest BCUT2D eigenvalue weighted by Crippen LogP contribution is 2.32. The maximum atomic E-state index is 4.72. The number of fused-ring (bicyclic) bond motifs is 1. The van der Waals surface area contributed by atoms with E-state index in [4.69, 9.17) is 4.98 Å². The third-order valence-corrected chi connectivity index (χ3v) is 4.00. The van der Waals surface area contributed by atoms with Gasteiger partial charge in [0.2, 0.25) is 5.95 Å². The van der Waals surface area contributed by atoms with E-state index in [9.17, 15) is 0 Å². The molecule has 1 aromatic heterocycles. The van der Waals surface area contributed by atoms with Crippen LogP contribution in [0.25, 0.3) is 0 Å². The van der Waals surface area contributed by atoms with Crippen molar-refractivity contribution in [1.29, 1.82) is 0 Å². The minimum absolute atomic E-state index is 0.695. The lowest BCUT2D eigenvalue weighted by Crippen LogP contribution is -2.18. The molecule has 2 aromatic rings. The van der Waals surface area contributed by atoms with Gasteiger partial charge in [-0.3, -0.25) is 0 Å². The number of para-hydroxylation sites is 1. The number of hydrogen-bond acceptors (Lipinski definition) is 4. The summed E-state index contributed by atoms with van der Waals surface area (Å²) in [4.78, 5) is 11.6. The number of benzene rings is 1. The van der Waals surface area contributed by atoms with E-state index in [1.807, 2.05) is 13.0 Å². The highest BCUT2D eigenvalue weighted by Gasteiger charge is 2.22. The molecule has 22 heavy (non-hydrogen) atoms. The monoisotopic (exact) mass is 296 g/mol. The summed E-state index contributed by atoms with van der Waals surface area (Å²) in [5, 5.41) is 3.43. The maximum Gasteiger partial charge on any atom is 0.232 e. The van der Waals surface area contributed by atoms with Crippen LogP contribution < -0.4 is 10.2 Å². The van der Waals surface area contributed by atoms with Gasteiger partial charge in [-0.25, -0.2) is 4.98 Å². The molecule has 1 aliphatic rings. The van der Waals surface area contributed by atoms with Gasteiger partial charge >= 0.3 is 0 Å². The zero-order valence-electron chi connectivity index (χ0n) is 13.6. The molecule has 1 N–H and O–H groups in total. The molecule has 0 saturated heterocycles. The minimum Gasteiger partial charge on any atom is -0.370 e. The van der Waals surface area contributed by atoms with Gasteiger partial charge in [0.1, 0.15) is 5.82 Å². The van der Waals surface area contributed by atoms with E-state index in [-0.39, 0.29) is 0 Å². The van der Waals surface area contributed by atoms with Gasteiger partial charge in [-0.2, -0.15) is 4.98 Å². The summed E-state index contributed by atoms with van der Waals surface area (Å²) in [7, 11) is 0. The van der Waals surface area contributed by atoms with Crippen molar-refractivity contribution in [3.8, 4) is 0 Å². The number of aromatic nitrogens is 2. The summed E-state index contributed by atoms with van der Waals surface area (Å²) in [6.07, 6.45) is 2.20. The fraction of sp³-hybridized carbons (Fsp3) is 0.444. The number of nitrogens with zero attached hydrogens (tertiary/aromatic N) is 3. The van der Waals surface area contributed by atoms with Gasteiger partial charge in [0.15, 0.2) is 0 Å². The van der Waals surface area contributed by atoms with Crippen LogP contribution in [0.15, 0.2) is 30.3 Å². The van der Waals surface area contributed by atoms with Gasteiger partial charge in [-0.1, -0.05) is 32.0 Å². The minimum atomic E-state index is 0.695. The maximum absolute atomic E-state index is 4.72. The molecule has 0 aliphatic carbocycles. The first-order valence-electron chi connectivity index (χ1n) is 8.08. The van der Waals surface area contributed by atoms with Crippen molar-refractivity contribution in [3.05, 3.63) is 41.6 Å². The summed E-state index contributed by atoms with van der Waals surface area (Å²) < 4.78 is 0. The number of anilines is 3. The Morgan fingerprint density at radius 2 is 2.05 bits per heavy atom. The van der Waals surface area contributed by atoms with Gasteiger partial charge in [0.05, 0.1) is 0 Å². The van der Waals surface area contributed by atoms with E-state index < -0.39 is 0 Å². The number of hydrogen-bond donors (Lipinski definition) is 1. The van der Waals surface area contributed by atoms with E-state index in [1.54, 1.807) is 0 Å². The SMILES string of the molecule is Cc1cc(NCCC(C)C)nc(N2CCc3ccccc32)n1. The largest absolute Gasteiger partial charge is 0.370 e. The van der Waals surface area contributed by atoms with E-state index in [0.717, 1.165) is 43.4 Å². The normalized spacial score (nSPS) is 13.5. The predicted octanol–water partition coefficient (Wildman–Crippen LogP) is 3.94. The highest BCUT2D eigenvalue weighted by atomic mass is 15.3. The van der Waals surface area contributed by atoms with Crippen LogP contribution in [0.5, 0.6) is 0 Å². The van der Waals surface area contributed by atoms with E-state index in [0.29, 0.717) is 5.92 Å². The third kappa shape index (κ3) is 3.21. The second kappa shape index (κ2) is 6.34. The van der Waals surface area contributed by atoms with E-state index in [1.165, 1.54) is 11.3 Å². The Kier molecular flexibility index (Phi) is 4.27. The molecule has 0 bridgehead atoms. The zero-order valence-corrected chi connectivity index (χ0v) is 13.6. The summed E-state index contributed by atoms with van der Waals surface area (Å²) in [5.41, 5.74) is 3.62. The summed E-state index contributed by atoms with van der Waals surface area (Å²) >= 11 is 0. The van der Waals surface area contributed by atoms with Gasteiger partial charge in [0, 0.05) is 30.5 Å². The van der Waals surface area contributed by atoms with Crippen LogP contribution in [-0.2, 0) is 6.42 Å². The second-order valence-corrected chi connectivity index (χ2v) is 6.33. The smallest absolute Gasteiger partial charge is 0.232 e. The lowest BCUT2D eigenvalue weighted by molar-refractivity contribution is 0.606. The quantitative estimate of drug-likeness (QED) is 0.907. The first kappa shape index (κ1) is 14.8. The van der Waals surface area contributed by atoms with Crippen LogP contribution in [0.2, 0.25) is 0 Å². The molecule has 1 aliphatic heterocycles. The van der Waals surface area contributed by atoms with Crippen LogP contribution in [0, 0.1) is 12.8 Å². The van der Waals surface area contributed by atoms with Crippen LogP contribution in [-0.4, -0.2) is 23.1 Å². The zero-order chi connectivity index (χ0) is 15.5. The summed E-state index contributed by atoms with van der Waals surface area (Å²) in [6, 6.07) is 10.5. The molecule has 0 amide bonds. The molecule has 2 heterocycles. The van der Waals surface area contributed by atoms with Crippen molar-refractivity contribution >= 4 is 17.5 Å². The molecule has 0 radical (unpaired) electrons. The van der Waals surface area contributed by atoms with Crippen molar-refractivity contribution in [3.63, 3.8) is 0 Å². The average molecular weight is 296 g/mol. The Morgan fingerprint density at radius 1 is 1.23 bits per heavy atom. The van der Waals surface area contributed by atoms with Crippen LogP contribution in [0.1, 0.15) is 31.5 Å². The van der Waals surface area contributed by atoms with Gasteiger partial charge < -0.3 is 10.2 Å². The Hall–Kier alpha value is -2.10. The first-order chi connectivity index (χ1) is 10.6. The molecular formula is C18H24N4. The Labute approximate surface area is 132 Å². The first-order valence-corrected chi connectivity index (χ1v) is 8.08. The summed E-state index contributed by atoms with van der Waals surface area (Å²) in [6.45, 7) is 8.40. The van der Waals surface area contributed by atoms with Crippen molar-refractivity contribution in [2.45, 2.75) is 33.6 Å². The third-order valence-electron chi connectivity index (χ3n) is 4.00. The molecule has 0 unspecified atom stereocenters. The van der Waals surface area contributed by atoms with Crippen LogP contribution in [0.4, 0.5) is 17.5 Å². The molecule has 0 atom stereocenters. The van der Waals surface area contributed by atoms with Gasteiger partial charge in [0.25, 0.3) is 0 Å². The predicted molar refractivity (Wildman–Crippen MR) is 91.9 cm³/mol. The van der Waals surface area contributed by atoms with Crippen molar-refractivity contribution in [2.24, 2.45) is 5.92 Å². The van der Waals surface area contributed by atoms with Crippen molar-refractivity contribution in [2.75, 3.05) is 23.3 Å². The molecule has 3 rings (SSSR count). The molecule has 0 saturated carbocycles. The molecule has 0 spiro atoms. The molecular weight excluding hydrogens is 272 g/mol. The van der Waals surface area contributed by atoms with Crippen molar-refractivity contribution in [1.82, 2.24) is 9.97 Å². The Bertz CT molecular complexity index is 651. The van der Waals surface area contributed by atoms with Crippen LogP contribution >= 0.6 is 0 Å². The second-order valence-electron chi connectivity index (χ2n) is 6.33. The summed E-state index contributed by atoms with van der Waals surface area (Å²) in [5.74, 6) is 2.42. The Morgan fingerprint density at radius 3 is 2.86 bits per heavy atom. The highest BCUT2D eigenvalue weighted by molar-refractivity contribution is 5.66. The topological polar surface area (TPSA) is 41.1 Å². The molecule has 0 fully saturated rings. The fourth-order valence-corrected chi connectivity index (χ4v) is 2.80. The number of nitrogens with one attached hydrogen (secondary N) is 1. The molecule has 4 heteroatoms. The molecule has 1 aromatic carbocycles. The number of aryl methyl sites for hydroxylation is 1. The average Bonchev–Trinajstić information content (AvgIpc) is 2.90. The van der Waals surface area contributed by atoms with Crippen LogP contribution in [0.3, 0.4) is 0 Å². The lowest BCUT2D eigenvalue weighted by Gasteiger charge is -2.18. The molecule has 4 nitrogen and oxygen atoms in total. The Balaban J connectivity index is 1.81. The fourth-order valence-electron chi connectivity index (χ4n) is 2.80.